The summed E-state index contributed by atoms with van der Waals surface area (Å²) < 4.78 is 57.5. The minimum absolute atomic E-state index is 0.217. The van der Waals surface area contributed by atoms with Crippen LogP contribution >= 0.6 is 11.6 Å². The molecule has 0 atom stereocenters. The molecular formula is C10H8ClF4NO3. The molecule has 4 nitrogen and oxygen atoms in total. The zero-order chi connectivity index (χ0) is 14.6. The van der Waals surface area contributed by atoms with Crippen molar-refractivity contribution in [3.8, 4) is 5.75 Å². The van der Waals surface area contributed by atoms with Gasteiger partial charge in [-0.15, -0.1) is 24.8 Å². The predicted molar refractivity (Wildman–Crippen MR) is 56.2 cm³/mol. The lowest BCUT2D eigenvalue weighted by atomic mass is 10.1. The number of carbonyl (C=O) groups is 1. The number of nitrogens with zero attached hydrogens (tertiary/aromatic N) is 1. The first-order valence-corrected chi connectivity index (χ1v) is 5.37. The number of hydrogen-bond acceptors (Lipinski definition) is 4. The van der Waals surface area contributed by atoms with Crippen molar-refractivity contribution in [3.05, 3.63) is 23.3 Å². The highest BCUT2D eigenvalue weighted by atomic mass is 35.5. The Hall–Kier alpha value is -1.57. The van der Waals surface area contributed by atoms with Gasteiger partial charge in [0, 0.05) is 11.6 Å². The monoisotopic (exact) mass is 301 g/mol. The third-order valence-electron chi connectivity index (χ3n) is 2.04. The molecule has 0 N–H and O–H groups in total. The van der Waals surface area contributed by atoms with Crippen molar-refractivity contribution < 1.29 is 31.8 Å². The molecule has 0 bridgehead atoms. The first-order chi connectivity index (χ1) is 8.76. The molecule has 0 radical (unpaired) electrons. The number of methoxy groups -OCH3 is 1. The number of hydrogen-bond donors (Lipinski definition) is 0. The number of pyridine rings is 1. The van der Waals surface area contributed by atoms with E-state index in [1.165, 1.54) is 0 Å². The van der Waals surface area contributed by atoms with Gasteiger partial charge in [-0.1, -0.05) is 0 Å². The van der Waals surface area contributed by atoms with E-state index in [4.69, 9.17) is 11.6 Å². The Bertz CT molecular complexity index is 479. The molecule has 0 saturated heterocycles. The lowest BCUT2D eigenvalue weighted by Crippen LogP contribution is -2.19. The lowest BCUT2D eigenvalue weighted by Gasteiger charge is -2.14. The molecule has 0 unspecified atom stereocenters. The smallest absolute Gasteiger partial charge is 0.469 e. The highest BCUT2D eigenvalue weighted by Crippen LogP contribution is 2.30. The molecule has 0 saturated carbocycles. The molecule has 1 aromatic rings. The Morgan fingerprint density at radius 2 is 2.11 bits per heavy atom. The van der Waals surface area contributed by atoms with E-state index in [0.717, 1.165) is 7.11 Å². The second-order valence-corrected chi connectivity index (χ2v) is 3.57. The molecule has 0 aliphatic rings. The van der Waals surface area contributed by atoms with Crippen LogP contribution in [-0.2, 0) is 21.8 Å². The third kappa shape index (κ3) is 4.55. The number of esters is 1. The summed E-state index contributed by atoms with van der Waals surface area (Å²) in [7, 11) is 1.08. The SMILES string of the molecule is COC(=O)Cc1nc(F)cc(OC(F)(F)F)c1CCl. The highest BCUT2D eigenvalue weighted by molar-refractivity contribution is 6.17. The summed E-state index contributed by atoms with van der Waals surface area (Å²) in [6.45, 7) is 0. The molecule has 9 heteroatoms. The zero-order valence-corrected chi connectivity index (χ0v) is 10.3. The van der Waals surface area contributed by atoms with Gasteiger partial charge in [-0.3, -0.25) is 4.79 Å². The van der Waals surface area contributed by atoms with E-state index in [0.29, 0.717) is 6.07 Å². The van der Waals surface area contributed by atoms with Crippen LogP contribution in [0.1, 0.15) is 11.3 Å². The Morgan fingerprint density at radius 3 is 2.58 bits per heavy atom. The number of halogens is 5. The van der Waals surface area contributed by atoms with Gasteiger partial charge in [0.15, 0.2) is 0 Å². The van der Waals surface area contributed by atoms with Gasteiger partial charge in [0.2, 0.25) is 5.95 Å². The Morgan fingerprint density at radius 1 is 1.47 bits per heavy atom. The van der Waals surface area contributed by atoms with Crippen LogP contribution in [0, 0.1) is 5.95 Å². The predicted octanol–water partition coefficient (Wildman–Crippen LogP) is 2.57. The van der Waals surface area contributed by atoms with Crippen LogP contribution in [0.2, 0.25) is 0 Å². The fourth-order valence-corrected chi connectivity index (χ4v) is 1.57. The average Bonchev–Trinajstić information content (AvgIpc) is 2.26. The molecular weight excluding hydrogens is 294 g/mol. The molecule has 0 amide bonds. The number of alkyl halides is 4. The molecule has 0 aromatic carbocycles. The van der Waals surface area contributed by atoms with Crippen LogP contribution < -0.4 is 4.74 Å². The standard InChI is InChI=1S/C10H8ClF4NO3/c1-18-9(17)2-6-5(4-11)7(3-8(12)16-6)19-10(13,14)15/h3H,2,4H2,1H3. The van der Waals surface area contributed by atoms with Gasteiger partial charge in [0.1, 0.15) is 5.75 Å². The van der Waals surface area contributed by atoms with E-state index in [-0.39, 0.29) is 11.3 Å². The minimum atomic E-state index is -5.00. The average molecular weight is 302 g/mol. The third-order valence-corrected chi connectivity index (χ3v) is 2.30. The van der Waals surface area contributed by atoms with Gasteiger partial charge in [-0.2, -0.15) is 4.39 Å². The first kappa shape index (κ1) is 15.5. The molecule has 1 heterocycles. The largest absolute Gasteiger partial charge is 0.573 e. The molecule has 19 heavy (non-hydrogen) atoms. The summed E-state index contributed by atoms with van der Waals surface area (Å²) in [5.41, 5.74) is -0.480. The van der Waals surface area contributed by atoms with E-state index in [1.807, 2.05) is 0 Å². The van der Waals surface area contributed by atoms with Crippen LogP contribution in [0.4, 0.5) is 17.6 Å². The van der Waals surface area contributed by atoms with Gasteiger partial charge < -0.3 is 9.47 Å². The highest BCUT2D eigenvalue weighted by Gasteiger charge is 2.33. The fraction of sp³-hybridized carbons (Fsp3) is 0.400. The summed E-state index contributed by atoms with van der Waals surface area (Å²) in [6, 6.07) is 0.450. The minimum Gasteiger partial charge on any atom is -0.469 e. The number of aromatic nitrogens is 1. The molecule has 0 spiro atoms. The van der Waals surface area contributed by atoms with Crippen LogP contribution in [-0.4, -0.2) is 24.4 Å². The van der Waals surface area contributed by atoms with Gasteiger partial charge in [-0.05, 0) is 0 Å². The van der Waals surface area contributed by atoms with Gasteiger partial charge in [0.25, 0.3) is 0 Å². The molecule has 1 aromatic heterocycles. The van der Waals surface area contributed by atoms with Crippen LogP contribution in [0.3, 0.4) is 0 Å². The number of rotatable bonds is 4. The van der Waals surface area contributed by atoms with Crippen molar-refractivity contribution in [3.63, 3.8) is 0 Å². The summed E-state index contributed by atoms with van der Waals surface area (Å²) in [6.07, 6.45) is -5.51. The fourth-order valence-electron chi connectivity index (χ4n) is 1.28. The molecule has 0 aliphatic carbocycles. The van der Waals surface area contributed by atoms with Crippen LogP contribution in [0.15, 0.2) is 6.07 Å². The molecule has 1 rings (SSSR count). The van der Waals surface area contributed by atoms with E-state index in [2.05, 4.69) is 14.5 Å². The maximum Gasteiger partial charge on any atom is 0.573 e. The van der Waals surface area contributed by atoms with Crippen molar-refractivity contribution >= 4 is 17.6 Å². The van der Waals surface area contributed by atoms with Crippen molar-refractivity contribution in [1.29, 1.82) is 0 Å². The Balaban J connectivity index is 3.20. The Labute approximate surface area is 110 Å². The number of carbonyl (C=O) groups excluding carboxylic acids is 1. The summed E-state index contributed by atoms with van der Waals surface area (Å²) in [5.74, 6) is -3.26. The van der Waals surface area contributed by atoms with Crippen molar-refractivity contribution in [2.75, 3.05) is 7.11 Å². The molecule has 106 valence electrons. The van der Waals surface area contributed by atoms with Crippen LogP contribution in [0.25, 0.3) is 0 Å². The Kier molecular flexibility index (Phi) is 4.93. The summed E-state index contributed by atoms with van der Waals surface area (Å²) in [5, 5.41) is 0. The molecule has 0 aliphatic heterocycles. The van der Waals surface area contributed by atoms with E-state index in [9.17, 15) is 22.4 Å². The summed E-state index contributed by atoms with van der Waals surface area (Å²) >= 11 is 5.48. The topological polar surface area (TPSA) is 48.4 Å². The normalized spacial score (nSPS) is 11.3. The van der Waals surface area contributed by atoms with E-state index in [1.54, 1.807) is 0 Å². The first-order valence-electron chi connectivity index (χ1n) is 4.83. The van der Waals surface area contributed by atoms with Gasteiger partial charge in [0.05, 0.1) is 25.1 Å². The second-order valence-electron chi connectivity index (χ2n) is 3.30. The van der Waals surface area contributed by atoms with Gasteiger partial charge in [-0.25, -0.2) is 4.98 Å². The summed E-state index contributed by atoms with van der Waals surface area (Å²) in [4.78, 5) is 14.4. The zero-order valence-electron chi connectivity index (χ0n) is 9.55. The van der Waals surface area contributed by atoms with Crippen LogP contribution in [0.5, 0.6) is 5.75 Å². The van der Waals surface area contributed by atoms with Gasteiger partial charge >= 0.3 is 12.3 Å². The van der Waals surface area contributed by atoms with E-state index < -0.39 is 36.3 Å². The lowest BCUT2D eigenvalue weighted by molar-refractivity contribution is -0.275. The quantitative estimate of drug-likeness (QED) is 0.371. The maximum absolute atomic E-state index is 13.1. The van der Waals surface area contributed by atoms with E-state index >= 15 is 0 Å². The van der Waals surface area contributed by atoms with Crippen molar-refractivity contribution in [1.82, 2.24) is 4.98 Å². The van der Waals surface area contributed by atoms with Crippen molar-refractivity contribution in [2.24, 2.45) is 0 Å². The second kappa shape index (κ2) is 6.05. The molecule has 0 fully saturated rings. The maximum atomic E-state index is 13.1. The number of ether oxygens (including phenoxy) is 2. The van der Waals surface area contributed by atoms with Crippen molar-refractivity contribution in [2.45, 2.75) is 18.7 Å².